The van der Waals surface area contributed by atoms with Crippen LogP contribution in [0.5, 0.6) is 0 Å². The molecule has 3 heterocycles. The molecule has 180 valence electrons. The molecule has 1 saturated heterocycles. The van der Waals surface area contributed by atoms with E-state index in [2.05, 4.69) is 16.2 Å². The van der Waals surface area contributed by atoms with Gasteiger partial charge in [0, 0.05) is 0 Å². The van der Waals surface area contributed by atoms with E-state index in [1.165, 1.54) is 6.33 Å². The first kappa shape index (κ1) is 26.0. The Morgan fingerprint density at radius 1 is 1.42 bits per heavy atom. The van der Waals surface area contributed by atoms with Crippen molar-refractivity contribution in [1.29, 1.82) is 5.26 Å². The van der Waals surface area contributed by atoms with Gasteiger partial charge < -0.3 is 25.1 Å². The van der Waals surface area contributed by atoms with E-state index in [1.54, 1.807) is 51.3 Å². The lowest BCUT2D eigenvalue weighted by Crippen LogP contribution is -2.29. The molecule has 0 saturated carbocycles. The highest BCUT2D eigenvalue weighted by atomic mass is 16.7. The van der Waals surface area contributed by atoms with Crippen molar-refractivity contribution in [2.24, 2.45) is 11.3 Å². The zero-order valence-corrected chi connectivity index (χ0v) is 19.6. The average molecular weight is 462 g/mol. The quantitative estimate of drug-likeness (QED) is 0.371. The summed E-state index contributed by atoms with van der Waals surface area (Å²) < 4.78 is 18.1. The van der Waals surface area contributed by atoms with Crippen molar-refractivity contribution in [3.05, 3.63) is 24.2 Å². The predicted octanol–water partition coefficient (Wildman–Crippen LogP) is 2.50. The molecule has 1 aliphatic rings. The zero-order valence-electron chi connectivity index (χ0n) is 19.6. The van der Waals surface area contributed by atoms with E-state index in [1.807, 2.05) is 0 Å². The lowest BCUT2D eigenvalue weighted by Gasteiger charge is -2.22. The van der Waals surface area contributed by atoms with Crippen molar-refractivity contribution in [3.8, 4) is 6.07 Å². The molecule has 2 unspecified atom stereocenters. The van der Waals surface area contributed by atoms with E-state index in [4.69, 9.17) is 25.1 Å². The molecule has 3 N–H and O–H groups in total. The standard InChI is InChI=1S/C18H23N5O4.C4H8O2/c1-17(2,3)16(24)26-11-25-8-12-6-7-18(9-19,27-12)14-5-4-13-15(20)21-10-22-23(13)14;1-3(2)4(5)6/h4-5,10,12H,6-8,11H2,1-3H3,(H2,20,21,22);3H,1-2H3,(H,5,6). The van der Waals surface area contributed by atoms with Crippen LogP contribution in [0.1, 0.15) is 53.2 Å². The van der Waals surface area contributed by atoms with Crippen LogP contribution in [0.3, 0.4) is 0 Å². The Balaban J connectivity index is 0.000000569. The number of carboxylic acid groups (broad SMARTS) is 1. The summed E-state index contributed by atoms with van der Waals surface area (Å²) in [6.07, 6.45) is 2.18. The average Bonchev–Trinajstić information content (AvgIpc) is 3.36. The fraction of sp³-hybridized carbons (Fsp3) is 0.591. The molecule has 0 aromatic carbocycles. The number of nitrogens with two attached hydrogens (primary N) is 1. The number of aromatic nitrogens is 3. The third-order valence-corrected chi connectivity index (χ3v) is 4.95. The van der Waals surface area contributed by atoms with Crippen LogP contribution in [0.25, 0.3) is 5.52 Å². The number of ether oxygens (including phenoxy) is 3. The van der Waals surface area contributed by atoms with Crippen molar-refractivity contribution in [2.75, 3.05) is 19.1 Å². The van der Waals surface area contributed by atoms with Gasteiger partial charge in [-0.3, -0.25) is 9.59 Å². The van der Waals surface area contributed by atoms with Crippen LogP contribution in [0.15, 0.2) is 18.5 Å². The number of nitrogens with zero attached hydrogens (tertiary/aromatic N) is 4. The van der Waals surface area contributed by atoms with Crippen molar-refractivity contribution in [2.45, 2.75) is 59.2 Å². The number of aliphatic carboxylic acids is 1. The number of nitriles is 1. The Labute approximate surface area is 192 Å². The summed E-state index contributed by atoms with van der Waals surface area (Å²) in [7, 11) is 0. The first-order valence-corrected chi connectivity index (χ1v) is 10.6. The SMILES string of the molecule is CC(C)(C)C(=O)OCOCC1CCC(C#N)(c2ccc3c(N)ncnn23)O1.CC(C)C(=O)O. The van der Waals surface area contributed by atoms with Crippen LogP contribution in [0.2, 0.25) is 0 Å². The first-order chi connectivity index (χ1) is 15.4. The monoisotopic (exact) mass is 461 g/mol. The smallest absolute Gasteiger partial charge is 0.313 e. The Morgan fingerprint density at radius 2 is 2.09 bits per heavy atom. The van der Waals surface area contributed by atoms with Gasteiger partial charge in [-0.1, -0.05) is 13.8 Å². The van der Waals surface area contributed by atoms with Crippen molar-refractivity contribution in [3.63, 3.8) is 0 Å². The Morgan fingerprint density at radius 3 is 2.67 bits per heavy atom. The second-order valence-electron chi connectivity index (χ2n) is 9.04. The molecule has 2 atom stereocenters. The molecule has 11 nitrogen and oxygen atoms in total. The fourth-order valence-electron chi connectivity index (χ4n) is 2.96. The molecule has 0 spiro atoms. The number of hydrogen-bond acceptors (Lipinski definition) is 9. The third kappa shape index (κ3) is 6.40. The Hall–Kier alpha value is -3.23. The van der Waals surface area contributed by atoms with Crippen molar-refractivity contribution in [1.82, 2.24) is 14.6 Å². The second-order valence-corrected chi connectivity index (χ2v) is 9.04. The van der Waals surface area contributed by atoms with Crippen LogP contribution in [-0.2, 0) is 29.4 Å². The van der Waals surface area contributed by atoms with Gasteiger partial charge >= 0.3 is 11.9 Å². The minimum atomic E-state index is -1.14. The molecule has 1 fully saturated rings. The van der Waals surface area contributed by atoms with Gasteiger partial charge in [0.05, 0.1) is 29.7 Å². The number of esters is 1. The minimum absolute atomic E-state index is 0.146. The van der Waals surface area contributed by atoms with E-state index in [0.717, 1.165) is 0 Å². The van der Waals surface area contributed by atoms with E-state index >= 15 is 0 Å². The van der Waals surface area contributed by atoms with Gasteiger partial charge in [-0.2, -0.15) is 10.4 Å². The van der Waals surface area contributed by atoms with Gasteiger partial charge in [-0.25, -0.2) is 9.50 Å². The largest absolute Gasteiger partial charge is 0.481 e. The maximum absolute atomic E-state index is 11.7. The molecule has 33 heavy (non-hydrogen) atoms. The van der Waals surface area contributed by atoms with Crippen LogP contribution in [0, 0.1) is 22.7 Å². The summed E-state index contributed by atoms with van der Waals surface area (Å²) in [6, 6.07) is 5.81. The third-order valence-electron chi connectivity index (χ3n) is 4.95. The number of hydrogen-bond donors (Lipinski definition) is 2. The summed E-state index contributed by atoms with van der Waals surface area (Å²) in [4.78, 5) is 25.4. The van der Waals surface area contributed by atoms with Gasteiger partial charge in [0.25, 0.3) is 0 Å². The maximum atomic E-state index is 11.7. The summed E-state index contributed by atoms with van der Waals surface area (Å²) >= 11 is 0. The number of nitrogen functional groups attached to an aromatic ring is 1. The molecule has 0 bridgehead atoms. The summed E-state index contributed by atoms with van der Waals surface area (Å²) in [5.41, 5.74) is 5.37. The Bertz CT molecular complexity index is 1020. The van der Waals surface area contributed by atoms with Crippen LogP contribution in [0.4, 0.5) is 5.82 Å². The molecule has 1 aliphatic heterocycles. The normalized spacial score (nSPS) is 20.2. The van der Waals surface area contributed by atoms with E-state index in [-0.39, 0.29) is 31.4 Å². The van der Waals surface area contributed by atoms with Crippen molar-refractivity contribution < 1.29 is 28.9 Å². The highest BCUT2D eigenvalue weighted by Crippen LogP contribution is 2.39. The predicted molar refractivity (Wildman–Crippen MR) is 118 cm³/mol. The lowest BCUT2D eigenvalue weighted by molar-refractivity contribution is -0.169. The molecule has 3 rings (SSSR count). The number of carbonyl (C=O) groups is 2. The highest BCUT2D eigenvalue weighted by molar-refractivity contribution is 5.75. The van der Waals surface area contributed by atoms with Crippen LogP contribution in [-0.4, -0.2) is 51.1 Å². The highest BCUT2D eigenvalue weighted by Gasteiger charge is 2.44. The summed E-state index contributed by atoms with van der Waals surface area (Å²) in [5.74, 6) is -0.971. The Kier molecular flexibility index (Phi) is 8.35. The van der Waals surface area contributed by atoms with Gasteiger partial charge in [0.2, 0.25) is 0 Å². The molecular weight excluding hydrogens is 430 g/mol. The van der Waals surface area contributed by atoms with E-state index < -0.39 is 17.0 Å². The van der Waals surface area contributed by atoms with Gasteiger partial charge in [-0.15, -0.1) is 0 Å². The van der Waals surface area contributed by atoms with Gasteiger partial charge in [0.15, 0.2) is 18.2 Å². The maximum Gasteiger partial charge on any atom is 0.313 e. The van der Waals surface area contributed by atoms with Gasteiger partial charge in [-0.05, 0) is 45.7 Å². The van der Waals surface area contributed by atoms with Crippen LogP contribution < -0.4 is 5.73 Å². The topological polar surface area (TPSA) is 162 Å². The number of anilines is 1. The molecule has 11 heteroatoms. The zero-order chi connectivity index (χ0) is 24.8. The summed E-state index contributed by atoms with van der Waals surface area (Å²) in [6.45, 7) is 8.68. The minimum Gasteiger partial charge on any atom is -0.481 e. The molecule has 0 amide bonds. The molecule has 2 aromatic heterocycles. The number of rotatable bonds is 6. The number of carbonyl (C=O) groups excluding carboxylic acids is 1. The van der Waals surface area contributed by atoms with E-state index in [9.17, 15) is 14.9 Å². The number of carboxylic acids is 1. The number of fused-ring (bicyclic) bond motifs is 1. The first-order valence-electron chi connectivity index (χ1n) is 10.6. The second kappa shape index (κ2) is 10.6. The molecule has 0 aliphatic carbocycles. The summed E-state index contributed by atoms with van der Waals surface area (Å²) in [5, 5.41) is 22.0. The van der Waals surface area contributed by atoms with Gasteiger partial charge in [0.1, 0.15) is 17.9 Å². The molecular formula is C22H31N5O6. The lowest BCUT2D eigenvalue weighted by atomic mass is 9.97. The molecule has 0 radical (unpaired) electrons. The van der Waals surface area contributed by atoms with Crippen LogP contribution >= 0.6 is 0 Å². The fourth-order valence-corrected chi connectivity index (χ4v) is 2.96. The molecule has 2 aromatic rings. The van der Waals surface area contributed by atoms with Crippen molar-refractivity contribution >= 4 is 23.3 Å². The van der Waals surface area contributed by atoms with E-state index in [0.29, 0.717) is 29.9 Å².